The molecule has 1 aromatic heterocycles. The molecule has 1 N–H and O–H groups in total. The third-order valence-electron chi connectivity index (χ3n) is 2.24. The molecule has 0 aliphatic carbocycles. The van der Waals surface area contributed by atoms with Crippen molar-refractivity contribution < 1.29 is 13.6 Å². The number of nitrogens with one attached hydrogen (secondary N) is 1. The molecule has 0 saturated heterocycles. The van der Waals surface area contributed by atoms with E-state index in [0.29, 0.717) is 0 Å². The number of nitriles is 1. The summed E-state index contributed by atoms with van der Waals surface area (Å²) in [4.78, 5) is 11.8. The van der Waals surface area contributed by atoms with Crippen LogP contribution in [0.25, 0.3) is 0 Å². The van der Waals surface area contributed by atoms with Crippen molar-refractivity contribution in [3.05, 3.63) is 52.7 Å². The van der Waals surface area contributed by atoms with Crippen LogP contribution in [-0.2, 0) is 0 Å². The highest BCUT2D eigenvalue weighted by Gasteiger charge is 2.16. The summed E-state index contributed by atoms with van der Waals surface area (Å²) in [6.45, 7) is 0. The van der Waals surface area contributed by atoms with Crippen molar-refractivity contribution in [2.24, 2.45) is 0 Å². The Bertz CT molecular complexity index is 646. The number of amides is 1. The maximum atomic E-state index is 13.3. The number of halogens is 2. The maximum absolute atomic E-state index is 13.3. The highest BCUT2D eigenvalue weighted by Crippen LogP contribution is 2.21. The number of furan rings is 1. The van der Waals surface area contributed by atoms with Crippen molar-refractivity contribution in [3.8, 4) is 6.07 Å². The maximum Gasteiger partial charge on any atom is 0.260 e. The SMILES string of the molecule is N#Cc1c(F)cccc1NC(=O)c1ccoc1Cl. The van der Waals surface area contributed by atoms with E-state index in [4.69, 9.17) is 21.3 Å². The molecule has 0 atom stereocenters. The monoisotopic (exact) mass is 264 g/mol. The third kappa shape index (κ3) is 2.19. The first kappa shape index (κ1) is 12.1. The fourth-order valence-electron chi connectivity index (χ4n) is 1.39. The van der Waals surface area contributed by atoms with Gasteiger partial charge in [-0.2, -0.15) is 5.26 Å². The fraction of sp³-hybridized carbons (Fsp3) is 0. The van der Waals surface area contributed by atoms with Gasteiger partial charge >= 0.3 is 0 Å². The lowest BCUT2D eigenvalue weighted by Gasteiger charge is -2.06. The molecule has 18 heavy (non-hydrogen) atoms. The van der Waals surface area contributed by atoms with E-state index in [2.05, 4.69) is 5.32 Å². The van der Waals surface area contributed by atoms with E-state index in [0.717, 1.165) is 6.07 Å². The molecular weight excluding hydrogens is 259 g/mol. The first-order chi connectivity index (χ1) is 8.63. The zero-order chi connectivity index (χ0) is 13.1. The van der Waals surface area contributed by atoms with Gasteiger partial charge in [-0.3, -0.25) is 4.79 Å². The Morgan fingerprint density at radius 2 is 2.22 bits per heavy atom. The van der Waals surface area contributed by atoms with Gasteiger partial charge in [-0.1, -0.05) is 6.07 Å². The van der Waals surface area contributed by atoms with Gasteiger partial charge < -0.3 is 9.73 Å². The van der Waals surface area contributed by atoms with Gasteiger partial charge in [0.2, 0.25) is 5.22 Å². The number of rotatable bonds is 2. The van der Waals surface area contributed by atoms with Crippen LogP contribution in [-0.4, -0.2) is 5.91 Å². The molecule has 1 aromatic carbocycles. The van der Waals surface area contributed by atoms with Crippen LogP contribution in [0.2, 0.25) is 5.22 Å². The van der Waals surface area contributed by atoms with Gasteiger partial charge in [-0.15, -0.1) is 0 Å². The fourth-order valence-corrected chi connectivity index (χ4v) is 1.59. The summed E-state index contributed by atoms with van der Waals surface area (Å²) in [5.41, 5.74) is -0.0324. The lowest BCUT2D eigenvalue weighted by molar-refractivity contribution is 0.102. The van der Waals surface area contributed by atoms with Crippen LogP contribution in [0.15, 0.2) is 34.9 Å². The normalized spacial score (nSPS) is 9.83. The van der Waals surface area contributed by atoms with Crippen LogP contribution in [0, 0.1) is 17.1 Å². The second-order valence-electron chi connectivity index (χ2n) is 3.34. The van der Waals surface area contributed by atoms with E-state index in [1.807, 2.05) is 0 Å². The molecule has 0 fully saturated rings. The van der Waals surface area contributed by atoms with Crippen LogP contribution >= 0.6 is 11.6 Å². The highest BCUT2D eigenvalue weighted by atomic mass is 35.5. The van der Waals surface area contributed by atoms with Crippen LogP contribution in [0.5, 0.6) is 0 Å². The summed E-state index contributed by atoms with van der Waals surface area (Å²) in [5.74, 6) is -1.27. The standard InChI is InChI=1S/C12H6ClFN2O2/c13-11-7(4-5-18-11)12(17)16-10-3-1-2-9(14)8(10)6-15/h1-5H,(H,16,17). The zero-order valence-corrected chi connectivity index (χ0v) is 9.66. The molecule has 2 rings (SSSR count). The molecule has 0 aliphatic rings. The number of carbonyl (C=O) groups is 1. The number of carbonyl (C=O) groups excluding carboxylic acids is 1. The van der Waals surface area contributed by atoms with Crippen molar-refractivity contribution >= 4 is 23.2 Å². The van der Waals surface area contributed by atoms with Crippen LogP contribution in [0.4, 0.5) is 10.1 Å². The minimum absolute atomic E-state index is 0.0672. The van der Waals surface area contributed by atoms with Crippen molar-refractivity contribution in [1.82, 2.24) is 0 Å². The van der Waals surface area contributed by atoms with Gasteiger partial charge in [0, 0.05) is 0 Å². The molecule has 0 bridgehead atoms. The summed E-state index contributed by atoms with van der Waals surface area (Å²) in [5, 5.41) is 11.1. The Hall–Kier alpha value is -2.32. The van der Waals surface area contributed by atoms with Gasteiger partial charge in [0.15, 0.2) is 0 Å². The molecule has 90 valence electrons. The van der Waals surface area contributed by atoms with Crippen molar-refractivity contribution in [2.45, 2.75) is 0 Å². The van der Waals surface area contributed by atoms with Gasteiger partial charge in [0.25, 0.3) is 5.91 Å². The smallest absolute Gasteiger partial charge is 0.260 e. The van der Waals surface area contributed by atoms with Gasteiger partial charge in [-0.05, 0) is 29.8 Å². The van der Waals surface area contributed by atoms with E-state index < -0.39 is 11.7 Å². The minimum atomic E-state index is -0.700. The third-order valence-corrected chi connectivity index (χ3v) is 2.53. The molecule has 6 heteroatoms. The van der Waals surface area contributed by atoms with Crippen LogP contribution in [0.3, 0.4) is 0 Å². The quantitative estimate of drug-likeness (QED) is 0.906. The summed E-state index contributed by atoms with van der Waals surface area (Å²) in [7, 11) is 0. The average Bonchev–Trinajstić information content (AvgIpc) is 2.76. The van der Waals surface area contributed by atoms with Crippen molar-refractivity contribution in [2.75, 3.05) is 5.32 Å². The zero-order valence-electron chi connectivity index (χ0n) is 8.91. The Kier molecular flexibility index (Phi) is 3.31. The molecule has 1 heterocycles. The second kappa shape index (κ2) is 4.90. The van der Waals surface area contributed by atoms with E-state index in [1.54, 1.807) is 6.07 Å². The van der Waals surface area contributed by atoms with Crippen LogP contribution < -0.4 is 5.32 Å². The Labute approximate surface area is 107 Å². The second-order valence-corrected chi connectivity index (χ2v) is 3.68. The van der Waals surface area contributed by atoms with Crippen LogP contribution in [0.1, 0.15) is 15.9 Å². The summed E-state index contributed by atoms with van der Waals surface area (Å²) >= 11 is 5.64. The highest BCUT2D eigenvalue weighted by molar-refractivity contribution is 6.32. The lowest BCUT2D eigenvalue weighted by atomic mass is 10.1. The topological polar surface area (TPSA) is 66.0 Å². The van der Waals surface area contributed by atoms with E-state index in [1.165, 1.54) is 24.5 Å². The number of hydrogen-bond donors (Lipinski definition) is 1. The molecule has 2 aromatic rings. The first-order valence-corrected chi connectivity index (χ1v) is 5.24. The van der Waals surface area contributed by atoms with E-state index >= 15 is 0 Å². The average molecular weight is 265 g/mol. The summed E-state index contributed by atoms with van der Waals surface area (Å²) < 4.78 is 18.1. The van der Waals surface area contributed by atoms with Gasteiger partial charge in [-0.25, -0.2) is 4.39 Å². The predicted molar refractivity (Wildman–Crippen MR) is 62.8 cm³/mol. The number of benzene rings is 1. The molecule has 1 amide bonds. The van der Waals surface area contributed by atoms with E-state index in [-0.39, 0.29) is 22.0 Å². The first-order valence-electron chi connectivity index (χ1n) is 4.86. The Morgan fingerprint density at radius 1 is 1.44 bits per heavy atom. The number of nitrogens with zero attached hydrogens (tertiary/aromatic N) is 1. The lowest BCUT2D eigenvalue weighted by Crippen LogP contribution is -2.12. The molecule has 0 spiro atoms. The molecule has 0 saturated carbocycles. The number of hydrogen-bond acceptors (Lipinski definition) is 3. The van der Waals surface area contributed by atoms with Crippen molar-refractivity contribution in [3.63, 3.8) is 0 Å². The summed E-state index contributed by atoms with van der Waals surface area (Å²) in [6, 6.07) is 7.01. The van der Waals surface area contributed by atoms with Gasteiger partial charge in [0.05, 0.1) is 17.5 Å². The molecule has 0 unspecified atom stereocenters. The molecule has 0 aliphatic heterocycles. The predicted octanol–water partition coefficient (Wildman–Crippen LogP) is 3.20. The van der Waals surface area contributed by atoms with Crippen molar-refractivity contribution in [1.29, 1.82) is 5.26 Å². The number of anilines is 1. The Morgan fingerprint density at radius 3 is 2.83 bits per heavy atom. The largest absolute Gasteiger partial charge is 0.452 e. The molecule has 0 radical (unpaired) electrons. The van der Waals surface area contributed by atoms with Gasteiger partial charge in [0.1, 0.15) is 17.4 Å². The van der Waals surface area contributed by atoms with E-state index in [9.17, 15) is 9.18 Å². The Balaban J connectivity index is 2.31. The molecule has 4 nitrogen and oxygen atoms in total. The summed E-state index contributed by atoms with van der Waals surface area (Å²) in [6.07, 6.45) is 1.26. The molecular formula is C12H6ClFN2O2. The minimum Gasteiger partial charge on any atom is -0.452 e.